The summed E-state index contributed by atoms with van der Waals surface area (Å²) in [5.74, 6) is -0.233. The molecule has 0 saturated carbocycles. The van der Waals surface area contributed by atoms with Crippen molar-refractivity contribution in [3.63, 3.8) is 0 Å². The smallest absolute Gasteiger partial charge is 0.406 e. The zero-order chi connectivity index (χ0) is 15.5. The molecule has 0 aliphatic rings. The molecular formula is C15H11BrClF3O. The van der Waals surface area contributed by atoms with E-state index in [-0.39, 0.29) is 10.6 Å². The van der Waals surface area contributed by atoms with E-state index in [1.807, 2.05) is 18.2 Å². The maximum atomic E-state index is 12.1. The Balaban J connectivity index is 2.06. The van der Waals surface area contributed by atoms with Crippen molar-refractivity contribution < 1.29 is 17.9 Å². The molecule has 0 bridgehead atoms. The van der Waals surface area contributed by atoms with Crippen molar-refractivity contribution in [3.8, 4) is 5.75 Å². The average Bonchev–Trinajstić information content (AvgIpc) is 2.40. The Morgan fingerprint density at radius 3 is 2.24 bits per heavy atom. The highest BCUT2D eigenvalue weighted by atomic mass is 79.9. The van der Waals surface area contributed by atoms with Crippen LogP contribution in [0.3, 0.4) is 0 Å². The van der Waals surface area contributed by atoms with Gasteiger partial charge in [0.15, 0.2) is 0 Å². The van der Waals surface area contributed by atoms with E-state index in [4.69, 9.17) is 11.6 Å². The van der Waals surface area contributed by atoms with Crippen molar-refractivity contribution in [2.45, 2.75) is 17.6 Å². The lowest BCUT2D eigenvalue weighted by atomic mass is 10.0. The van der Waals surface area contributed by atoms with Crippen LogP contribution in [0.5, 0.6) is 5.75 Å². The minimum Gasteiger partial charge on any atom is -0.406 e. The molecule has 0 heterocycles. The lowest BCUT2D eigenvalue weighted by molar-refractivity contribution is -0.274. The van der Waals surface area contributed by atoms with E-state index in [1.54, 1.807) is 18.2 Å². The van der Waals surface area contributed by atoms with E-state index >= 15 is 0 Å². The summed E-state index contributed by atoms with van der Waals surface area (Å²) < 4.78 is 40.1. The molecule has 0 aliphatic heterocycles. The first-order valence-corrected chi connectivity index (χ1v) is 7.38. The van der Waals surface area contributed by atoms with Crippen LogP contribution < -0.4 is 4.74 Å². The highest BCUT2D eigenvalue weighted by Gasteiger charge is 2.31. The standard InChI is InChI=1S/C15H11BrClF3O/c16-13(9-11-3-1-2-4-14(11)17)10-5-7-12(8-6-10)21-15(18,19)20/h1-8,13H,9H2. The van der Waals surface area contributed by atoms with E-state index < -0.39 is 6.36 Å². The summed E-state index contributed by atoms with van der Waals surface area (Å²) >= 11 is 9.61. The molecule has 0 saturated heterocycles. The van der Waals surface area contributed by atoms with Crippen molar-refractivity contribution in [3.05, 3.63) is 64.7 Å². The summed E-state index contributed by atoms with van der Waals surface area (Å²) in [6.07, 6.45) is -4.04. The van der Waals surface area contributed by atoms with Crippen molar-refractivity contribution in [2.24, 2.45) is 0 Å². The molecule has 112 valence electrons. The lowest BCUT2D eigenvalue weighted by Gasteiger charge is -2.13. The second-order valence-electron chi connectivity index (χ2n) is 4.38. The third-order valence-electron chi connectivity index (χ3n) is 2.83. The van der Waals surface area contributed by atoms with E-state index in [0.29, 0.717) is 11.4 Å². The summed E-state index contributed by atoms with van der Waals surface area (Å²) in [5, 5.41) is 0.666. The normalized spacial score (nSPS) is 13.0. The third-order valence-corrected chi connectivity index (χ3v) is 4.05. The van der Waals surface area contributed by atoms with Gasteiger partial charge in [-0.2, -0.15) is 0 Å². The zero-order valence-corrected chi connectivity index (χ0v) is 13.0. The van der Waals surface area contributed by atoms with Crippen LogP contribution in [0, 0.1) is 0 Å². The van der Waals surface area contributed by atoms with E-state index in [0.717, 1.165) is 11.1 Å². The molecule has 1 nitrogen and oxygen atoms in total. The SMILES string of the molecule is FC(F)(F)Oc1ccc(C(Br)Cc2ccccc2Cl)cc1. The van der Waals surface area contributed by atoms with Gasteiger partial charge in [0, 0.05) is 9.85 Å². The quantitative estimate of drug-likeness (QED) is 0.599. The van der Waals surface area contributed by atoms with Gasteiger partial charge in [0.25, 0.3) is 0 Å². The monoisotopic (exact) mass is 378 g/mol. The Labute approximate surface area is 133 Å². The third kappa shape index (κ3) is 4.93. The molecule has 0 N–H and O–H groups in total. The summed E-state index contributed by atoms with van der Waals surface area (Å²) in [6.45, 7) is 0. The molecular weight excluding hydrogens is 369 g/mol. The Kier molecular flexibility index (Phi) is 5.17. The molecule has 0 radical (unpaired) electrons. The highest BCUT2D eigenvalue weighted by molar-refractivity contribution is 9.09. The molecule has 0 amide bonds. The Morgan fingerprint density at radius 1 is 1.05 bits per heavy atom. The summed E-state index contributed by atoms with van der Waals surface area (Å²) in [6, 6.07) is 13.2. The van der Waals surface area contributed by atoms with Crippen LogP contribution in [-0.2, 0) is 6.42 Å². The molecule has 6 heteroatoms. The predicted octanol–water partition coefficient (Wildman–Crippen LogP) is 5.92. The van der Waals surface area contributed by atoms with Gasteiger partial charge < -0.3 is 4.74 Å². The number of benzene rings is 2. The molecule has 2 aromatic carbocycles. The van der Waals surface area contributed by atoms with Crippen molar-refractivity contribution in [2.75, 3.05) is 0 Å². The Hall–Kier alpha value is -1.20. The minimum absolute atomic E-state index is 0.0441. The lowest BCUT2D eigenvalue weighted by Crippen LogP contribution is -2.17. The fraction of sp³-hybridized carbons (Fsp3) is 0.200. The Morgan fingerprint density at radius 2 is 1.67 bits per heavy atom. The van der Waals surface area contributed by atoms with Crippen molar-refractivity contribution in [1.29, 1.82) is 0 Å². The largest absolute Gasteiger partial charge is 0.573 e. The fourth-order valence-corrected chi connectivity index (χ4v) is 2.72. The van der Waals surface area contributed by atoms with Crippen LogP contribution in [0.2, 0.25) is 5.02 Å². The first kappa shape index (κ1) is 16.2. The molecule has 1 atom stereocenters. The minimum atomic E-state index is -4.67. The first-order valence-electron chi connectivity index (χ1n) is 6.08. The van der Waals surface area contributed by atoms with E-state index in [2.05, 4.69) is 20.7 Å². The molecule has 0 aromatic heterocycles. The topological polar surface area (TPSA) is 9.23 Å². The van der Waals surface area contributed by atoms with Crippen LogP contribution in [0.15, 0.2) is 48.5 Å². The van der Waals surface area contributed by atoms with Crippen LogP contribution in [0.25, 0.3) is 0 Å². The van der Waals surface area contributed by atoms with Gasteiger partial charge in [-0.25, -0.2) is 0 Å². The van der Waals surface area contributed by atoms with Crippen LogP contribution in [-0.4, -0.2) is 6.36 Å². The van der Waals surface area contributed by atoms with Crippen LogP contribution in [0.1, 0.15) is 16.0 Å². The van der Waals surface area contributed by atoms with E-state index in [1.165, 1.54) is 12.1 Å². The number of halogens is 5. The van der Waals surface area contributed by atoms with Gasteiger partial charge in [-0.05, 0) is 35.7 Å². The average molecular weight is 380 g/mol. The Bertz CT molecular complexity index is 599. The second-order valence-corrected chi connectivity index (χ2v) is 5.89. The molecule has 2 rings (SSSR count). The highest BCUT2D eigenvalue weighted by Crippen LogP contribution is 2.31. The van der Waals surface area contributed by atoms with Crippen LogP contribution >= 0.6 is 27.5 Å². The van der Waals surface area contributed by atoms with Crippen LogP contribution in [0.4, 0.5) is 13.2 Å². The molecule has 1 unspecified atom stereocenters. The van der Waals surface area contributed by atoms with Crippen molar-refractivity contribution >= 4 is 27.5 Å². The fourth-order valence-electron chi connectivity index (χ4n) is 1.85. The maximum absolute atomic E-state index is 12.1. The van der Waals surface area contributed by atoms with Gasteiger partial charge in [0.05, 0.1) is 0 Å². The number of rotatable bonds is 4. The van der Waals surface area contributed by atoms with Crippen molar-refractivity contribution in [1.82, 2.24) is 0 Å². The zero-order valence-electron chi connectivity index (χ0n) is 10.7. The maximum Gasteiger partial charge on any atom is 0.573 e. The second kappa shape index (κ2) is 6.71. The molecule has 0 aliphatic carbocycles. The molecule has 0 spiro atoms. The summed E-state index contributed by atoms with van der Waals surface area (Å²) in [7, 11) is 0. The van der Waals surface area contributed by atoms with Gasteiger partial charge >= 0.3 is 6.36 Å². The molecule has 0 fully saturated rings. The number of alkyl halides is 4. The van der Waals surface area contributed by atoms with Gasteiger partial charge in [-0.15, -0.1) is 13.2 Å². The predicted molar refractivity (Wildman–Crippen MR) is 79.9 cm³/mol. The number of hydrogen-bond donors (Lipinski definition) is 0. The van der Waals surface area contributed by atoms with E-state index in [9.17, 15) is 13.2 Å². The molecule has 2 aromatic rings. The molecule has 21 heavy (non-hydrogen) atoms. The summed E-state index contributed by atoms with van der Waals surface area (Å²) in [5.41, 5.74) is 1.82. The van der Waals surface area contributed by atoms with Gasteiger partial charge in [-0.1, -0.05) is 57.9 Å². The van der Waals surface area contributed by atoms with Gasteiger partial charge in [0.1, 0.15) is 5.75 Å². The number of ether oxygens (including phenoxy) is 1. The summed E-state index contributed by atoms with van der Waals surface area (Å²) in [4.78, 5) is -0.0441. The first-order chi connectivity index (χ1) is 9.85. The van der Waals surface area contributed by atoms with Gasteiger partial charge in [-0.3, -0.25) is 0 Å². The number of hydrogen-bond acceptors (Lipinski definition) is 1. The van der Waals surface area contributed by atoms with Gasteiger partial charge in [0.2, 0.25) is 0 Å².